The van der Waals surface area contributed by atoms with E-state index in [2.05, 4.69) is 10.2 Å². The number of alkyl halides is 3. The Morgan fingerprint density at radius 2 is 2.00 bits per heavy atom. The number of aromatic nitrogens is 2. The topological polar surface area (TPSA) is 69.6 Å². The number of allylic oxidation sites excluding steroid dienone is 1. The maximum atomic E-state index is 12.6. The molecule has 0 radical (unpaired) electrons. The first-order valence-electron chi connectivity index (χ1n) is 7.62. The Morgan fingerprint density at radius 3 is 2.50 bits per heavy atom. The molecule has 24 heavy (non-hydrogen) atoms. The van der Waals surface area contributed by atoms with E-state index >= 15 is 0 Å². The first-order chi connectivity index (χ1) is 11.3. The Bertz CT molecular complexity index is 583. The Labute approximate surface area is 141 Å². The number of carbonyl (C=O) groups is 1. The van der Waals surface area contributed by atoms with Gasteiger partial charge in [-0.3, -0.25) is 9.69 Å². The van der Waals surface area contributed by atoms with Gasteiger partial charge in [-0.05, 0) is 6.42 Å². The van der Waals surface area contributed by atoms with Gasteiger partial charge in [0.05, 0.1) is 0 Å². The highest BCUT2D eigenvalue weighted by molar-refractivity contribution is 7.15. The second-order valence-electron chi connectivity index (χ2n) is 5.41. The summed E-state index contributed by atoms with van der Waals surface area (Å²) in [5, 5.41) is 15.4. The van der Waals surface area contributed by atoms with Gasteiger partial charge < -0.3 is 10.0 Å². The average Bonchev–Trinajstić information content (AvgIpc) is 3.02. The third-order valence-corrected chi connectivity index (χ3v) is 4.69. The number of carboxylic acids is 1. The van der Waals surface area contributed by atoms with Crippen molar-refractivity contribution in [2.75, 3.05) is 31.1 Å². The van der Waals surface area contributed by atoms with E-state index in [-0.39, 0.29) is 5.13 Å². The smallest absolute Gasteiger partial charge is 0.445 e. The van der Waals surface area contributed by atoms with E-state index in [1.807, 2.05) is 13.0 Å². The van der Waals surface area contributed by atoms with Crippen LogP contribution in [0.5, 0.6) is 0 Å². The third kappa shape index (κ3) is 4.67. The van der Waals surface area contributed by atoms with Gasteiger partial charge in [-0.1, -0.05) is 36.8 Å². The zero-order valence-corrected chi connectivity index (χ0v) is 14.0. The molecular weight excluding hydrogens is 345 g/mol. The van der Waals surface area contributed by atoms with Crippen molar-refractivity contribution in [2.24, 2.45) is 0 Å². The first-order valence-corrected chi connectivity index (χ1v) is 8.43. The molecule has 0 spiro atoms. The number of rotatable bonds is 6. The maximum absolute atomic E-state index is 12.6. The molecule has 134 valence electrons. The molecule has 1 aromatic heterocycles. The molecule has 1 atom stereocenters. The molecule has 0 bridgehead atoms. The van der Waals surface area contributed by atoms with Crippen LogP contribution in [0.4, 0.5) is 18.3 Å². The molecule has 0 aliphatic carbocycles. The number of piperazine rings is 1. The number of hydrogen-bond acceptors (Lipinski definition) is 6. The van der Waals surface area contributed by atoms with Crippen LogP contribution in [-0.2, 0) is 11.0 Å². The van der Waals surface area contributed by atoms with Crippen molar-refractivity contribution >= 4 is 22.4 Å². The summed E-state index contributed by atoms with van der Waals surface area (Å²) in [6, 6.07) is -0.709. The van der Waals surface area contributed by atoms with E-state index in [9.17, 15) is 23.1 Å². The van der Waals surface area contributed by atoms with Crippen molar-refractivity contribution in [1.82, 2.24) is 15.1 Å². The second kappa shape index (κ2) is 7.93. The molecular formula is C14H19F3N4O2S. The van der Waals surface area contributed by atoms with Crippen molar-refractivity contribution in [3.63, 3.8) is 0 Å². The van der Waals surface area contributed by atoms with E-state index in [1.54, 1.807) is 15.9 Å². The molecule has 2 heterocycles. The fourth-order valence-electron chi connectivity index (χ4n) is 2.40. The fourth-order valence-corrected chi connectivity index (χ4v) is 3.16. The minimum Gasteiger partial charge on any atom is -0.480 e. The number of nitrogens with zero attached hydrogens (tertiary/aromatic N) is 4. The van der Waals surface area contributed by atoms with E-state index in [1.165, 1.54) is 0 Å². The summed E-state index contributed by atoms with van der Waals surface area (Å²) in [4.78, 5) is 14.9. The summed E-state index contributed by atoms with van der Waals surface area (Å²) in [6.07, 6.45) is 0.792. The van der Waals surface area contributed by atoms with Crippen LogP contribution in [0.2, 0.25) is 0 Å². The van der Waals surface area contributed by atoms with Crippen molar-refractivity contribution in [2.45, 2.75) is 32.0 Å². The molecule has 0 amide bonds. The summed E-state index contributed by atoms with van der Waals surface area (Å²) in [7, 11) is 0. The van der Waals surface area contributed by atoms with Crippen LogP contribution in [0.3, 0.4) is 0 Å². The van der Waals surface area contributed by atoms with Crippen LogP contribution in [0.1, 0.15) is 24.8 Å². The second-order valence-corrected chi connectivity index (χ2v) is 6.37. The average molecular weight is 364 g/mol. The molecule has 10 heteroatoms. The number of halogens is 3. The maximum Gasteiger partial charge on any atom is 0.445 e. The largest absolute Gasteiger partial charge is 0.480 e. The first kappa shape index (κ1) is 18.7. The molecule has 1 unspecified atom stereocenters. The fraction of sp³-hybridized carbons (Fsp3) is 0.643. The van der Waals surface area contributed by atoms with Crippen LogP contribution < -0.4 is 4.90 Å². The van der Waals surface area contributed by atoms with Gasteiger partial charge in [0.2, 0.25) is 10.1 Å². The molecule has 1 aliphatic heterocycles. The minimum atomic E-state index is -4.49. The number of hydrogen-bond donors (Lipinski definition) is 1. The van der Waals surface area contributed by atoms with E-state index in [0.29, 0.717) is 37.5 Å². The highest BCUT2D eigenvalue weighted by Gasteiger charge is 2.37. The predicted molar refractivity (Wildman–Crippen MR) is 84.2 cm³/mol. The lowest BCUT2D eigenvalue weighted by molar-refractivity contribution is -0.141. The van der Waals surface area contributed by atoms with Crippen molar-refractivity contribution in [1.29, 1.82) is 0 Å². The quantitative estimate of drug-likeness (QED) is 0.782. The summed E-state index contributed by atoms with van der Waals surface area (Å²) < 4.78 is 37.7. The normalized spacial score (nSPS) is 18.2. The highest BCUT2D eigenvalue weighted by Crippen LogP contribution is 2.34. The molecule has 0 saturated carbocycles. The minimum absolute atomic E-state index is 0.218. The molecule has 6 nitrogen and oxygen atoms in total. The molecule has 0 aromatic carbocycles. The van der Waals surface area contributed by atoms with E-state index in [4.69, 9.17) is 0 Å². The van der Waals surface area contributed by atoms with Gasteiger partial charge in [-0.15, -0.1) is 10.2 Å². The zero-order valence-electron chi connectivity index (χ0n) is 13.2. The van der Waals surface area contributed by atoms with Gasteiger partial charge in [0.25, 0.3) is 0 Å². The SMILES string of the molecule is CCC/C=C/C(C(=O)O)N1CCN(c2nnc(C(F)(F)F)s2)CC1. The van der Waals surface area contributed by atoms with Crippen LogP contribution in [0.15, 0.2) is 12.2 Å². The molecule has 1 N–H and O–H groups in total. The summed E-state index contributed by atoms with van der Waals surface area (Å²) in [5.74, 6) is -0.925. The van der Waals surface area contributed by atoms with Gasteiger partial charge in [0, 0.05) is 26.2 Å². The summed E-state index contributed by atoms with van der Waals surface area (Å²) in [5.41, 5.74) is 0. The molecule has 1 saturated heterocycles. The Kier molecular flexibility index (Phi) is 6.16. The number of unbranched alkanes of at least 4 members (excludes halogenated alkanes) is 1. The van der Waals surface area contributed by atoms with Gasteiger partial charge in [0.1, 0.15) is 6.04 Å². The number of carboxylic acid groups (broad SMARTS) is 1. The van der Waals surface area contributed by atoms with Gasteiger partial charge in [-0.2, -0.15) is 13.2 Å². The Hall–Kier alpha value is -1.68. The predicted octanol–water partition coefficient (Wildman–Crippen LogP) is 2.49. The lowest BCUT2D eigenvalue weighted by Crippen LogP contribution is -2.52. The molecule has 1 aromatic rings. The standard InChI is InChI=1S/C14H19F3N4O2S/c1-2-3-4-5-10(11(22)23)20-6-8-21(9-7-20)13-19-18-12(24-13)14(15,16)17/h4-5,10H,2-3,6-9H2,1H3,(H,22,23)/b5-4+. The third-order valence-electron chi connectivity index (χ3n) is 3.66. The van der Waals surface area contributed by atoms with E-state index in [0.717, 1.165) is 12.8 Å². The van der Waals surface area contributed by atoms with Crippen LogP contribution in [0.25, 0.3) is 0 Å². The lowest BCUT2D eigenvalue weighted by Gasteiger charge is -2.36. The zero-order chi connectivity index (χ0) is 17.7. The van der Waals surface area contributed by atoms with Crippen LogP contribution >= 0.6 is 11.3 Å². The monoisotopic (exact) mass is 364 g/mol. The number of anilines is 1. The van der Waals surface area contributed by atoms with E-state index < -0.39 is 23.2 Å². The van der Waals surface area contributed by atoms with Crippen LogP contribution in [0, 0.1) is 0 Å². The molecule has 1 fully saturated rings. The van der Waals surface area contributed by atoms with Gasteiger partial charge in [-0.25, -0.2) is 0 Å². The van der Waals surface area contributed by atoms with Gasteiger partial charge in [0.15, 0.2) is 0 Å². The van der Waals surface area contributed by atoms with Crippen molar-refractivity contribution in [3.05, 3.63) is 17.2 Å². The van der Waals surface area contributed by atoms with Gasteiger partial charge >= 0.3 is 12.1 Å². The summed E-state index contributed by atoms with van der Waals surface area (Å²) in [6.45, 7) is 3.72. The highest BCUT2D eigenvalue weighted by atomic mass is 32.1. The Morgan fingerprint density at radius 1 is 1.33 bits per heavy atom. The van der Waals surface area contributed by atoms with Crippen LogP contribution in [-0.4, -0.2) is 58.4 Å². The molecule has 2 rings (SSSR count). The Balaban J connectivity index is 1.97. The number of aliphatic carboxylic acids is 1. The van der Waals surface area contributed by atoms with Crippen molar-refractivity contribution in [3.8, 4) is 0 Å². The lowest BCUT2D eigenvalue weighted by atomic mass is 10.1. The summed E-state index contributed by atoms with van der Waals surface area (Å²) >= 11 is 0.509. The molecule has 1 aliphatic rings. The van der Waals surface area contributed by atoms with Crippen molar-refractivity contribution < 1.29 is 23.1 Å².